The maximum atomic E-state index is 12.7. The van der Waals surface area contributed by atoms with E-state index in [-0.39, 0.29) is 24.0 Å². The Balaban J connectivity index is 0.00000441. The molecule has 1 atom stereocenters. The van der Waals surface area contributed by atoms with Crippen LogP contribution in [0.1, 0.15) is 20.3 Å². The van der Waals surface area contributed by atoms with Crippen molar-refractivity contribution in [3.05, 3.63) is 12.2 Å². The van der Waals surface area contributed by atoms with Crippen molar-refractivity contribution in [2.45, 2.75) is 32.5 Å². The minimum Gasteiger partial charge on any atom is -0.356 e. The van der Waals surface area contributed by atoms with Crippen LogP contribution in [-0.2, 0) is 0 Å². The number of nitrogens with zero attached hydrogens (tertiary/aromatic N) is 3. The fourth-order valence-corrected chi connectivity index (χ4v) is 2.29. The molecule has 0 radical (unpaired) electrons. The third-order valence-electron chi connectivity index (χ3n) is 3.68. The van der Waals surface area contributed by atoms with Crippen molar-refractivity contribution in [3.63, 3.8) is 0 Å². The van der Waals surface area contributed by atoms with Gasteiger partial charge in [0.25, 0.3) is 0 Å². The lowest BCUT2D eigenvalue weighted by atomic mass is 10.2. The highest BCUT2D eigenvalue weighted by atomic mass is 127. The van der Waals surface area contributed by atoms with Gasteiger partial charge in [0.1, 0.15) is 6.04 Å². The van der Waals surface area contributed by atoms with Crippen LogP contribution in [0.5, 0.6) is 0 Å². The van der Waals surface area contributed by atoms with Gasteiger partial charge < -0.3 is 10.2 Å². The first-order chi connectivity index (χ1) is 9.90. The second-order valence-corrected chi connectivity index (χ2v) is 5.07. The van der Waals surface area contributed by atoms with Gasteiger partial charge >= 0.3 is 6.18 Å². The van der Waals surface area contributed by atoms with E-state index in [1.807, 2.05) is 17.9 Å². The lowest BCUT2D eigenvalue weighted by molar-refractivity contribution is -0.181. The Hall–Kier alpha value is -0.510. The van der Waals surface area contributed by atoms with Crippen LogP contribution in [0.3, 0.4) is 0 Å². The van der Waals surface area contributed by atoms with Gasteiger partial charge in [0, 0.05) is 39.8 Å². The second kappa shape index (κ2) is 10.3. The average Bonchev–Trinajstić information content (AvgIpc) is 2.46. The van der Waals surface area contributed by atoms with E-state index in [0.29, 0.717) is 26.2 Å². The van der Waals surface area contributed by atoms with Gasteiger partial charge in [-0.15, -0.1) is 24.0 Å². The minimum absolute atomic E-state index is 0. The third kappa shape index (κ3) is 6.72. The zero-order valence-corrected chi connectivity index (χ0v) is 15.7. The predicted molar refractivity (Wildman–Crippen MR) is 94.9 cm³/mol. The smallest absolute Gasteiger partial charge is 0.356 e. The molecule has 0 amide bonds. The third-order valence-corrected chi connectivity index (χ3v) is 3.68. The number of rotatable bonds is 4. The lowest BCUT2D eigenvalue weighted by Crippen LogP contribution is -2.56. The molecule has 1 rings (SSSR count). The molecule has 1 aliphatic heterocycles. The largest absolute Gasteiger partial charge is 0.403 e. The monoisotopic (exact) mass is 434 g/mol. The Morgan fingerprint density at radius 1 is 1.27 bits per heavy atom. The van der Waals surface area contributed by atoms with Crippen LogP contribution in [0.4, 0.5) is 13.2 Å². The van der Waals surface area contributed by atoms with Crippen molar-refractivity contribution in [1.82, 2.24) is 15.1 Å². The molecule has 0 aromatic heterocycles. The number of nitrogens with one attached hydrogen (secondary N) is 1. The topological polar surface area (TPSA) is 30.9 Å². The van der Waals surface area contributed by atoms with Crippen molar-refractivity contribution in [2.75, 3.05) is 39.8 Å². The lowest BCUT2D eigenvalue weighted by Gasteiger charge is -2.39. The fourth-order valence-electron chi connectivity index (χ4n) is 2.29. The molecule has 1 saturated heterocycles. The molecule has 0 aromatic rings. The molecule has 0 aromatic carbocycles. The van der Waals surface area contributed by atoms with E-state index in [1.165, 1.54) is 11.8 Å². The van der Waals surface area contributed by atoms with Crippen LogP contribution >= 0.6 is 24.0 Å². The molecule has 1 N–H and O–H groups in total. The van der Waals surface area contributed by atoms with E-state index in [0.717, 1.165) is 18.9 Å². The number of piperazine rings is 1. The molecule has 1 unspecified atom stereocenters. The standard InChI is InChI=1S/C14H25F3N4.HI/c1-4-5-6-7-19-13(18-3)21-10-8-20(9-11-21)12(2)14(15,16)17;/h4-5,12H,6-11H2,1-3H3,(H,18,19);1H/b5-4+;. The van der Waals surface area contributed by atoms with Crippen LogP contribution in [-0.4, -0.2) is 67.7 Å². The molecule has 4 nitrogen and oxygen atoms in total. The molecular formula is C14H26F3IN4. The number of guanidine groups is 1. The molecular weight excluding hydrogens is 408 g/mol. The first-order valence-corrected chi connectivity index (χ1v) is 7.27. The minimum atomic E-state index is -4.16. The highest BCUT2D eigenvalue weighted by molar-refractivity contribution is 14.0. The van der Waals surface area contributed by atoms with Gasteiger partial charge in [-0.2, -0.15) is 13.2 Å². The molecule has 1 aliphatic rings. The Kier molecular flexibility index (Phi) is 10.1. The van der Waals surface area contributed by atoms with Gasteiger partial charge in [-0.1, -0.05) is 12.2 Å². The number of hydrogen-bond donors (Lipinski definition) is 1. The Morgan fingerprint density at radius 3 is 2.32 bits per heavy atom. The van der Waals surface area contributed by atoms with Gasteiger partial charge in [0.2, 0.25) is 0 Å². The van der Waals surface area contributed by atoms with Crippen molar-refractivity contribution < 1.29 is 13.2 Å². The molecule has 0 bridgehead atoms. The summed E-state index contributed by atoms with van der Waals surface area (Å²) in [6.07, 6.45) is 0.792. The van der Waals surface area contributed by atoms with Crippen molar-refractivity contribution in [1.29, 1.82) is 0 Å². The number of hydrogen-bond acceptors (Lipinski definition) is 2. The van der Waals surface area contributed by atoms with Gasteiger partial charge in [0.15, 0.2) is 5.96 Å². The molecule has 0 saturated carbocycles. The highest BCUT2D eigenvalue weighted by Crippen LogP contribution is 2.25. The van der Waals surface area contributed by atoms with E-state index in [1.54, 1.807) is 7.05 Å². The number of allylic oxidation sites excluding steroid dienone is 1. The molecule has 1 heterocycles. The Morgan fingerprint density at radius 2 is 1.86 bits per heavy atom. The summed E-state index contributed by atoms with van der Waals surface area (Å²) in [5, 5.41) is 3.23. The normalized spacial score (nSPS) is 19.2. The van der Waals surface area contributed by atoms with E-state index >= 15 is 0 Å². The summed E-state index contributed by atoms with van der Waals surface area (Å²) < 4.78 is 38.1. The van der Waals surface area contributed by atoms with Gasteiger partial charge in [-0.05, 0) is 20.3 Å². The van der Waals surface area contributed by atoms with Crippen LogP contribution in [0, 0.1) is 0 Å². The summed E-state index contributed by atoms with van der Waals surface area (Å²) in [5.74, 6) is 0.763. The van der Waals surface area contributed by atoms with Crippen LogP contribution < -0.4 is 5.32 Å². The molecule has 0 spiro atoms. The SMILES string of the molecule is C/C=C/CCNC(=NC)N1CCN(C(C)C(F)(F)F)CC1.I. The fraction of sp³-hybridized carbons (Fsp3) is 0.786. The van der Waals surface area contributed by atoms with Crippen molar-refractivity contribution in [3.8, 4) is 0 Å². The maximum absolute atomic E-state index is 12.7. The van der Waals surface area contributed by atoms with Gasteiger partial charge in [0.05, 0.1) is 0 Å². The zero-order valence-electron chi connectivity index (χ0n) is 13.4. The first kappa shape index (κ1) is 21.5. The zero-order chi connectivity index (χ0) is 15.9. The number of aliphatic imine (C=N–C) groups is 1. The van der Waals surface area contributed by atoms with Crippen LogP contribution in [0.15, 0.2) is 17.1 Å². The van der Waals surface area contributed by atoms with Crippen LogP contribution in [0.25, 0.3) is 0 Å². The summed E-state index contributed by atoms with van der Waals surface area (Å²) in [4.78, 5) is 7.68. The van der Waals surface area contributed by atoms with E-state index < -0.39 is 12.2 Å². The molecule has 0 aliphatic carbocycles. The highest BCUT2D eigenvalue weighted by Gasteiger charge is 2.40. The van der Waals surface area contributed by atoms with Crippen molar-refractivity contribution >= 4 is 29.9 Å². The average molecular weight is 434 g/mol. The Labute approximate surface area is 147 Å². The summed E-state index contributed by atoms with van der Waals surface area (Å²) in [5.41, 5.74) is 0. The quantitative estimate of drug-likeness (QED) is 0.243. The molecule has 1 fully saturated rings. The summed E-state index contributed by atoms with van der Waals surface area (Å²) in [6.45, 7) is 5.88. The Bertz CT molecular complexity index is 364. The van der Waals surface area contributed by atoms with E-state index in [9.17, 15) is 13.2 Å². The van der Waals surface area contributed by atoms with Gasteiger partial charge in [-0.25, -0.2) is 0 Å². The first-order valence-electron chi connectivity index (χ1n) is 7.27. The van der Waals surface area contributed by atoms with E-state index in [2.05, 4.69) is 16.4 Å². The second-order valence-electron chi connectivity index (χ2n) is 5.07. The van der Waals surface area contributed by atoms with E-state index in [4.69, 9.17) is 0 Å². The maximum Gasteiger partial charge on any atom is 0.403 e. The summed E-state index contributed by atoms with van der Waals surface area (Å²) in [6, 6.07) is -1.38. The van der Waals surface area contributed by atoms with Crippen molar-refractivity contribution in [2.24, 2.45) is 4.99 Å². The van der Waals surface area contributed by atoms with Crippen LogP contribution in [0.2, 0.25) is 0 Å². The molecule has 22 heavy (non-hydrogen) atoms. The number of alkyl halides is 3. The number of halogens is 4. The molecule has 8 heteroatoms. The molecule has 130 valence electrons. The van der Waals surface area contributed by atoms with Gasteiger partial charge in [-0.3, -0.25) is 9.89 Å². The summed E-state index contributed by atoms with van der Waals surface area (Å²) in [7, 11) is 1.70. The summed E-state index contributed by atoms with van der Waals surface area (Å²) >= 11 is 0. The predicted octanol–water partition coefficient (Wildman–Crippen LogP) is 2.71.